The first-order valence-electron chi connectivity index (χ1n) is 4.42. The summed E-state index contributed by atoms with van der Waals surface area (Å²) >= 11 is 4.80. The van der Waals surface area contributed by atoms with Crippen LogP contribution in [-0.2, 0) is 9.84 Å². The lowest BCUT2D eigenvalue weighted by Gasteiger charge is -2.03. The normalized spacial score (nSPS) is 11.1. The summed E-state index contributed by atoms with van der Waals surface area (Å²) in [6.45, 7) is 0. The Bertz CT molecular complexity index is 520. The van der Waals surface area contributed by atoms with Gasteiger partial charge in [0.05, 0.1) is 17.4 Å². The molecule has 0 spiro atoms. The van der Waals surface area contributed by atoms with E-state index >= 15 is 0 Å². The van der Waals surface area contributed by atoms with E-state index in [1.165, 1.54) is 18.0 Å². The number of hydrogen-bond acceptors (Lipinski definition) is 4. The lowest BCUT2D eigenvalue weighted by atomic mass is 10.2. The lowest BCUT2D eigenvalue weighted by Crippen LogP contribution is -2.04. The molecule has 0 fully saturated rings. The van der Waals surface area contributed by atoms with Gasteiger partial charge in [-0.3, -0.25) is 0 Å². The smallest absolute Gasteiger partial charge is 0.148 e. The largest absolute Gasteiger partial charge is 0.229 e. The molecule has 0 bridgehead atoms. The van der Waals surface area contributed by atoms with E-state index in [-0.39, 0.29) is 5.75 Å². The molecule has 6 heteroatoms. The standard InChI is InChI=1S/C10H10BrNO2S2/c1-16(13,14)5-4-15-10-3-2-8(7-12)6-9(10)11/h2-3,6H,4-5H2,1H3. The molecule has 0 atom stereocenters. The summed E-state index contributed by atoms with van der Waals surface area (Å²) in [4.78, 5) is 0.947. The maximum absolute atomic E-state index is 10.9. The van der Waals surface area contributed by atoms with Gasteiger partial charge in [-0.1, -0.05) is 0 Å². The average molecular weight is 320 g/mol. The molecule has 0 saturated heterocycles. The van der Waals surface area contributed by atoms with Gasteiger partial charge in [0.25, 0.3) is 0 Å². The van der Waals surface area contributed by atoms with Crippen LogP contribution in [0.15, 0.2) is 27.6 Å². The fraction of sp³-hybridized carbons (Fsp3) is 0.300. The summed E-state index contributed by atoms with van der Waals surface area (Å²) in [5, 5.41) is 8.68. The number of benzene rings is 1. The molecule has 0 heterocycles. The summed E-state index contributed by atoms with van der Waals surface area (Å²) in [6, 6.07) is 7.30. The van der Waals surface area contributed by atoms with Crippen LogP contribution < -0.4 is 0 Å². The minimum absolute atomic E-state index is 0.157. The van der Waals surface area contributed by atoms with Gasteiger partial charge in [0.1, 0.15) is 9.84 Å². The van der Waals surface area contributed by atoms with Crippen LogP contribution in [0.2, 0.25) is 0 Å². The lowest BCUT2D eigenvalue weighted by molar-refractivity contribution is 0.603. The van der Waals surface area contributed by atoms with Crippen LogP contribution in [0.25, 0.3) is 0 Å². The van der Waals surface area contributed by atoms with Crippen LogP contribution in [0.1, 0.15) is 5.56 Å². The molecular weight excluding hydrogens is 310 g/mol. The number of halogens is 1. The van der Waals surface area contributed by atoms with E-state index in [0.29, 0.717) is 11.3 Å². The Kier molecular flexibility index (Phi) is 4.84. The third-order valence-electron chi connectivity index (χ3n) is 1.77. The van der Waals surface area contributed by atoms with Crippen molar-refractivity contribution in [3.8, 4) is 6.07 Å². The number of thioether (sulfide) groups is 1. The van der Waals surface area contributed by atoms with E-state index in [0.717, 1.165) is 9.37 Å². The molecule has 1 aromatic rings. The molecule has 16 heavy (non-hydrogen) atoms. The van der Waals surface area contributed by atoms with Crippen molar-refractivity contribution < 1.29 is 8.42 Å². The average Bonchev–Trinajstić information content (AvgIpc) is 2.18. The zero-order chi connectivity index (χ0) is 12.2. The van der Waals surface area contributed by atoms with E-state index in [1.54, 1.807) is 12.1 Å². The number of nitrogens with zero attached hydrogens (tertiary/aromatic N) is 1. The number of rotatable bonds is 4. The van der Waals surface area contributed by atoms with Crippen molar-refractivity contribution in [2.75, 3.05) is 17.8 Å². The molecule has 3 nitrogen and oxygen atoms in total. The summed E-state index contributed by atoms with van der Waals surface area (Å²) in [6.07, 6.45) is 1.22. The van der Waals surface area contributed by atoms with Crippen molar-refractivity contribution >= 4 is 37.5 Å². The molecule has 1 rings (SSSR count). The molecule has 0 saturated carbocycles. The quantitative estimate of drug-likeness (QED) is 0.800. The minimum atomic E-state index is -2.91. The summed E-state index contributed by atoms with van der Waals surface area (Å²) < 4.78 is 22.7. The Labute approximate surface area is 108 Å². The van der Waals surface area contributed by atoms with Crippen molar-refractivity contribution in [3.05, 3.63) is 28.2 Å². The predicted molar refractivity (Wildman–Crippen MR) is 69.3 cm³/mol. The predicted octanol–water partition coefficient (Wildman–Crippen LogP) is 2.46. The number of hydrogen-bond donors (Lipinski definition) is 0. The highest BCUT2D eigenvalue weighted by atomic mass is 79.9. The highest BCUT2D eigenvalue weighted by Crippen LogP contribution is 2.28. The van der Waals surface area contributed by atoms with Gasteiger partial charge in [-0.25, -0.2) is 8.42 Å². The number of nitriles is 1. The maximum atomic E-state index is 10.9. The van der Waals surface area contributed by atoms with Gasteiger partial charge in [0.2, 0.25) is 0 Å². The Morgan fingerprint density at radius 1 is 1.50 bits per heavy atom. The van der Waals surface area contributed by atoms with Crippen molar-refractivity contribution in [3.63, 3.8) is 0 Å². The van der Waals surface area contributed by atoms with Gasteiger partial charge in [-0.05, 0) is 34.1 Å². The Hall–Kier alpha value is -0.510. The first-order chi connectivity index (χ1) is 7.42. The van der Waals surface area contributed by atoms with Crippen LogP contribution in [0, 0.1) is 11.3 Å². The Morgan fingerprint density at radius 2 is 2.19 bits per heavy atom. The SMILES string of the molecule is CS(=O)(=O)CCSc1ccc(C#N)cc1Br. The molecule has 0 aromatic heterocycles. The number of sulfone groups is 1. The maximum Gasteiger partial charge on any atom is 0.148 e. The molecule has 0 aliphatic rings. The summed E-state index contributed by atoms with van der Waals surface area (Å²) in [5.74, 6) is 0.674. The Morgan fingerprint density at radius 3 is 2.69 bits per heavy atom. The fourth-order valence-electron chi connectivity index (χ4n) is 0.990. The molecule has 0 N–H and O–H groups in total. The molecule has 0 amide bonds. The zero-order valence-electron chi connectivity index (χ0n) is 8.60. The van der Waals surface area contributed by atoms with Crippen molar-refractivity contribution in [1.29, 1.82) is 5.26 Å². The molecule has 86 valence electrons. The van der Waals surface area contributed by atoms with Gasteiger partial charge >= 0.3 is 0 Å². The second-order valence-corrected chi connectivity index (χ2v) is 7.49. The first-order valence-corrected chi connectivity index (χ1v) is 8.26. The van der Waals surface area contributed by atoms with Gasteiger partial charge in [-0.15, -0.1) is 11.8 Å². The summed E-state index contributed by atoms with van der Waals surface area (Å²) in [7, 11) is -2.91. The first kappa shape index (κ1) is 13.6. The molecule has 0 radical (unpaired) electrons. The second kappa shape index (κ2) is 5.71. The van der Waals surface area contributed by atoms with Crippen molar-refractivity contribution in [2.24, 2.45) is 0 Å². The van der Waals surface area contributed by atoms with E-state index in [2.05, 4.69) is 15.9 Å². The third-order valence-corrected chi connectivity index (χ3v) is 4.97. The van der Waals surface area contributed by atoms with E-state index in [9.17, 15) is 8.42 Å². The van der Waals surface area contributed by atoms with Gasteiger partial charge < -0.3 is 0 Å². The Balaban J connectivity index is 2.66. The molecule has 0 aliphatic heterocycles. The van der Waals surface area contributed by atoms with Crippen LogP contribution in [0.3, 0.4) is 0 Å². The molecular formula is C10H10BrNO2S2. The highest BCUT2D eigenvalue weighted by Gasteiger charge is 2.05. The van der Waals surface area contributed by atoms with Crippen LogP contribution in [0.5, 0.6) is 0 Å². The van der Waals surface area contributed by atoms with Gasteiger partial charge in [-0.2, -0.15) is 5.26 Å². The zero-order valence-corrected chi connectivity index (χ0v) is 11.8. The van der Waals surface area contributed by atoms with Crippen LogP contribution in [0.4, 0.5) is 0 Å². The molecule has 0 unspecified atom stereocenters. The minimum Gasteiger partial charge on any atom is -0.229 e. The fourth-order valence-corrected chi connectivity index (χ4v) is 3.84. The summed E-state index contributed by atoms with van der Waals surface area (Å²) in [5.41, 5.74) is 0.583. The van der Waals surface area contributed by atoms with E-state index < -0.39 is 9.84 Å². The van der Waals surface area contributed by atoms with E-state index in [1.807, 2.05) is 12.1 Å². The van der Waals surface area contributed by atoms with Gasteiger partial charge in [0, 0.05) is 21.4 Å². The third kappa shape index (κ3) is 4.56. The molecule has 0 aliphatic carbocycles. The van der Waals surface area contributed by atoms with Crippen molar-refractivity contribution in [1.82, 2.24) is 0 Å². The highest BCUT2D eigenvalue weighted by molar-refractivity contribution is 9.10. The topological polar surface area (TPSA) is 57.9 Å². The second-order valence-electron chi connectivity index (χ2n) is 3.24. The monoisotopic (exact) mass is 319 g/mol. The molecule has 1 aromatic carbocycles. The van der Waals surface area contributed by atoms with Crippen LogP contribution in [-0.4, -0.2) is 26.2 Å². The van der Waals surface area contributed by atoms with Crippen LogP contribution >= 0.6 is 27.7 Å². The van der Waals surface area contributed by atoms with E-state index in [4.69, 9.17) is 5.26 Å². The van der Waals surface area contributed by atoms with Gasteiger partial charge in [0.15, 0.2) is 0 Å². The van der Waals surface area contributed by atoms with Crippen molar-refractivity contribution in [2.45, 2.75) is 4.90 Å².